The van der Waals surface area contributed by atoms with Crippen molar-refractivity contribution in [2.75, 3.05) is 0 Å². The molecular weight excluding hydrogens is 254 g/mol. The Morgan fingerprint density at radius 2 is 1.43 bits per heavy atom. The zero-order chi connectivity index (χ0) is 14.8. The lowest BCUT2D eigenvalue weighted by Crippen LogP contribution is -1.91. The minimum absolute atomic E-state index is 1.03. The first-order valence-electron chi connectivity index (χ1n) is 7.25. The monoisotopic (exact) mass is 273 g/mol. The molecule has 0 atom stereocenters. The Kier molecular flexibility index (Phi) is 3.57. The zero-order valence-electron chi connectivity index (χ0n) is 12.7. The van der Waals surface area contributed by atoms with Crippen molar-refractivity contribution >= 4 is 0 Å². The summed E-state index contributed by atoms with van der Waals surface area (Å²) >= 11 is 0. The zero-order valence-corrected chi connectivity index (χ0v) is 12.7. The number of benzene rings is 2. The van der Waals surface area contributed by atoms with Crippen molar-refractivity contribution in [2.45, 2.75) is 20.8 Å². The quantitative estimate of drug-likeness (QED) is 0.614. The topological polar surface area (TPSA) is 12.9 Å². The van der Waals surface area contributed by atoms with Crippen molar-refractivity contribution in [3.63, 3.8) is 0 Å². The predicted octanol–water partition coefficient (Wildman–Crippen LogP) is 5.34. The van der Waals surface area contributed by atoms with Crippen LogP contribution in [0.3, 0.4) is 0 Å². The van der Waals surface area contributed by atoms with Crippen molar-refractivity contribution < 1.29 is 0 Å². The molecule has 0 fully saturated rings. The summed E-state index contributed by atoms with van der Waals surface area (Å²) in [5, 5.41) is 0. The fraction of sp³-hybridized carbons (Fsp3) is 0.150. The molecule has 0 unspecified atom stereocenters. The second kappa shape index (κ2) is 5.53. The van der Waals surface area contributed by atoms with Crippen LogP contribution in [0.4, 0.5) is 0 Å². The first kappa shape index (κ1) is 13.6. The van der Waals surface area contributed by atoms with E-state index in [9.17, 15) is 0 Å². The highest BCUT2D eigenvalue weighted by Gasteiger charge is 2.08. The van der Waals surface area contributed by atoms with Crippen molar-refractivity contribution in [3.05, 3.63) is 77.5 Å². The smallest absolute Gasteiger partial charge is 0.0708 e. The Bertz CT molecular complexity index is 770. The van der Waals surface area contributed by atoms with Gasteiger partial charge in [0.1, 0.15) is 0 Å². The van der Waals surface area contributed by atoms with Crippen LogP contribution in [0, 0.1) is 20.8 Å². The molecular formula is C20H19N. The molecule has 0 saturated carbocycles. The molecule has 0 radical (unpaired) electrons. The third-order valence-electron chi connectivity index (χ3n) is 3.89. The fourth-order valence-corrected chi connectivity index (χ4v) is 2.57. The number of rotatable bonds is 2. The molecule has 3 aromatic rings. The number of hydrogen-bond donors (Lipinski definition) is 0. The molecule has 1 aromatic heterocycles. The summed E-state index contributed by atoms with van der Waals surface area (Å²) in [5.74, 6) is 0. The maximum Gasteiger partial charge on any atom is 0.0708 e. The van der Waals surface area contributed by atoms with Gasteiger partial charge in [0.05, 0.1) is 5.69 Å². The average Bonchev–Trinajstić information content (AvgIpc) is 2.50. The molecule has 1 heteroatoms. The summed E-state index contributed by atoms with van der Waals surface area (Å²) in [4.78, 5) is 4.59. The summed E-state index contributed by atoms with van der Waals surface area (Å²) in [6.45, 7) is 6.37. The Morgan fingerprint density at radius 1 is 0.714 bits per heavy atom. The summed E-state index contributed by atoms with van der Waals surface area (Å²) in [6, 6.07) is 19.2. The van der Waals surface area contributed by atoms with Crippen molar-refractivity contribution in [2.24, 2.45) is 0 Å². The summed E-state index contributed by atoms with van der Waals surface area (Å²) in [5.41, 5.74) is 8.51. The highest BCUT2D eigenvalue weighted by Crippen LogP contribution is 2.29. The van der Waals surface area contributed by atoms with Crippen LogP contribution in [0.2, 0.25) is 0 Å². The lowest BCUT2D eigenvalue weighted by atomic mass is 9.96. The third kappa shape index (κ3) is 2.73. The number of pyridine rings is 1. The Labute approximate surface area is 126 Å². The van der Waals surface area contributed by atoms with E-state index in [1.54, 1.807) is 0 Å². The molecule has 0 aliphatic rings. The van der Waals surface area contributed by atoms with Crippen LogP contribution in [0.25, 0.3) is 22.4 Å². The first-order valence-corrected chi connectivity index (χ1v) is 7.25. The van der Waals surface area contributed by atoms with E-state index in [1.165, 1.54) is 27.8 Å². The second-order valence-electron chi connectivity index (χ2n) is 5.57. The third-order valence-corrected chi connectivity index (χ3v) is 3.89. The van der Waals surface area contributed by atoms with Crippen LogP contribution in [-0.2, 0) is 0 Å². The van der Waals surface area contributed by atoms with Gasteiger partial charge in [0.25, 0.3) is 0 Å². The second-order valence-corrected chi connectivity index (χ2v) is 5.57. The van der Waals surface area contributed by atoms with Gasteiger partial charge in [0, 0.05) is 11.8 Å². The van der Waals surface area contributed by atoms with Gasteiger partial charge in [-0.25, -0.2) is 0 Å². The van der Waals surface area contributed by atoms with Crippen LogP contribution in [0.15, 0.2) is 60.8 Å². The molecule has 0 bridgehead atoms. The lowest BCUT2D eigenvalue weighted by molar-refractivity contribution is 1.26. The van der Waals surface area contributed by atoms with Gasteiger partial charge in [-0.3, -0.25) is 4.98 Å². The maximum absolute atomic E-state index is 4.59. The first-order chi connectivity index (χ1) is 10.1. The van der Waals surface area contributed by atoms with Gasteiger partial charge < -0.3 is 0 Å². The normalized spacial score (nSPS) is 10.6. The molecule has 0 saturated heterocycles. The molecule has 0 aliphatic carbocycles. The Morgan fingerprint density at radius 3 is 2.14 bits per heavy atom. The molecule has 1 nitrogen and oxygen atoms in total. The number of hydrogen-bond acceptors (Lipinski definition) is 1. The molecule has 21 heavy (non-hydrogen) atoms. The van der Waals surface area contributed by atoms with Crippen LogP contribution in [0.5, 0.6) is 0 Å². The van der Waals surface area contributed by atoms with E-state index in [0.717, 1.165) is 11.3 Å². The molecule has 0 spiro atoms. The standard InChI is InChI=1S/C20H19N/c1-14-8-10-17(11-9-14)20-12-19(16(3)13-21-20)18-7-5-4-6-15(18)2/h4-13H,1-3H3. The van der Waals surface area contributed by atoms with E-state index >= 15 is 0 Å². The molecule has 104 valence electrons. The average molecular weight is 273 g/mol. The van der Waals surface area contributed by atoms with Gasteiger partial charge in [-0.15, -0.1) is 0 Å². The summed E-state index contributed by atoms with van der Waals surface area (Å²) in [6.07, 6.45) is 1.97. The van der Waals surface area contributed by atoms with Crippen LogP contribution >= 0.6 is 0 Å². The minimum Gasteiger partial charge on any atom is -0.256 e. The minimum atomic E-state index is 1.03. The van der Waals surface area contributed by atoms with Crippen LogP contribution in [0.1, 0.15) is 16.7 Å². The highest BCUT2D eigenvalue weighted by atomic mass is 14.7. The maximum atomic E-state index is 4.59. The van der Waals surface area contributed by atoms with Gasteiger partial charge in [-0.1, -0.05) is 54.1 Å². The van der Waals surface area contributed by atoms with Crippen molar-refractivity contribution in [1.29, 1.82) is 0 Å². The van der Waals surface area contributed by atoms with Gasteiger partial charge in [-0.2, -0.15) is 0 Å². The van der Waals surface area contributed by atoms with Crippen molar-refractivity contribution in [1.82, 2.24) is 4.98 Å². The molecule has 0 aliphatic heterocycles. The molecule has 2 aromatic carbocycles. The van der Waals surface area contributed by atoms with Gasteiger partial charge in [0.15, 0.2) is 0 Å². The fourth-order valence-electron chi connectivity index (χ4n) is 2.57. The molecule has 0 amide bonds. The van der Waals surface area contributed by atoms with E-state index < -0.39 is 0 Å². The summed E-state index contributed by atoms with van der Waals surface area (Å²) < 4.78 is 0. The van der Waals surface area contributed by atoms with E-state index in [0.29, 0.717) is 0 Å². The Hall–Kier alpha value is -2.41. The van der Waals surface area contributed by atoms with Gasteiger partial charge >= 0.3 is 0 Å². The molecule has 0 N–H and O–H groups in total. The summed E-state index contributed by atoms with van der Waals surface area (Å²) in [7, 11) is 0. The largest absolute Gasteiger partial charge is 0.256 e. The van der Waals surface area contributed by atoms with E-state index in [4.69, 9.17) is 0 Å². The van der Waals surface area contributed by atoms with Crippen LogP contribution in [-0.4, -0.2) is 4.98 Å². The van der Waals surface area contributed by atoms with Crippen molar-refractivity contribution in [3.8, 4) is 22.4 Å². The number of nitrogens with zero attached hydrogens (tertiary/aromatic N) is 1. The number of aryl methyl sites for hydroxylation is 3. The molecule has 1 heterocycles. The van der Waals surface area contributed by atoms with Crippen LogP contribution < -0.4 is 0 Å². The highest BCUT2D eigenvalue weighted by molar-refractivity contribution is 5.74. The lowest BCUT2D eigenvalue weighted by Gasteiger charge is -2.11. The SMILES string of the molecule is Cc1ccc(-c2cc(-c3ccccc3C)c(C)cn2)cc1. The predicted molar refractivity (Wildman–Crippen MR) is 89.3 cm³/mol. The number of aromatic nitrogens is 1. The van der Waals surface area contributed by atoms with E-state index in [-0.39, 0.29) is 0 Å². The molecule has 3 rings (SSSR count). The van der Waals surface area contributed by atoms with E-state index in [1.807, 2.05) is 6.20 Å². The van der Waals surface area contributed by atoms with Gasteiger partial charge in [-0.05, 0) is 49.1 Å². The van der Waals surface area contributed by atoms with E-state index in [2.05, 4.69) is 80.4 Å². The Balaban J connectivity index is 2.13. The van der Waals surface area contributed by atoms with Gasteiger partial charge in [0.2, 0.25) is 0 Å².